The maximum Gasteiger partial charge on any atom is 0.221 e. The van der Waals surface area contributed by atoms with E-state index < -0.39 is 0 Å². The van der Waals surface area contributed by atoms with Gasteiger partial charge in [0.2, 0.25) is 5.91 Å². The summed E-state index contributed by atoms with van der Waals surface area (Å²) >= 11 is 0. The van der Waals surface area contributed by atoms with Crippen molar-refractivity contribution in [2.45, 2.75) is 39.0 Å². The van der Waals surface area contributed by atoms with Gasteiger partial charge in [0.25, 0.3) is 0 Å². The van der Waals surface area contributed by atoms with Crippen LogP contribution in [0.2, 0.25) is 0 Å². The topological polar surface area (TPSA) is 44.4 Å². The molecule has 1 fully saturated rings. The molecule has 1 aliphatic rings. The number of amides is 1. The third-order valence-electron chi connectivity index (χ3n) is 5.50. The van der Waals surface area contributed by atoms with Gasteiger partial charge < -0.3 is 15.5 Å². The van der Waals surface area contributed by atoms with Crippen LogP contribution in [0.5, 0.6) is 0 Å². The van der Waals surface area contributed by atoms with Crippen LogP contribution < -0.4 is 15.5 Å². The number of nitrogens with one attached hydrogen (secondary N) is 2. The third-order valence-corrected chi connectivity index (χ3v) is 5.50. The lowest BCUT2D eigenvalue weighted by molar-refractivity contribution is -0.120. The van der Waals surface area contributed by atoms with Gasteiger partial charge in [0, 0.05) is 44.0 Å². The quantitative estimate of drug-likeness (QED) is 0.632. The molecule has 2 N–H and O–H groups in total. The van der Waals surface area contributed by atoms with Crippen molar-refractivity contribution in [1.82, 2.24) is 5.32 Å². The molecule has 4 heteroatoms. The highest BCUT2D eigenvalue weighted by atomic mass is 16.1. The summed E-state index contributed by atoms with van der Waals surface area (Å²) in [7, 11) is 0. The van der Waals surface area contributed by atoms with E-state index in [1.165, 1.54) is 24.1 Å². The minimum atomic E-state index is 0.111. The van der Waals surface area contributed by atoms with Gasteiger partial charge in [-0.3, -0.25) is 4.79 Å². The number of hydrogen-bond donors (Lipinski definition) is 2. The molecule has 3 rings (SSSR count). The van der Waals surface area contributed by atoms with Crippen LogP contribution in [0, 0.1) is 5.92 Å². The van der Waals surface area contributed by atoms with Gasteiger partial charge >= 0.3 is 0 Å². The molecule has 1 amide bonds. The van der Waals surface area contributed by atoms with Crippen molar-refractivity contribution in [3.8, 4) is 0 Å². The first kappa shape index (κ1) is 20.2. The maximum atomic E-state index is 12.0. The van der Waals surface area contributed by atoms with Gasteiger partial charge in [-0.25, -0.2) is 0 Å². The highest BCUT2D eigenvalue weighted by molar-refractivity contribution is 5.76. The summed E-state index contributed by atoms with van der Waals surface area (Å²) in [5, 5.41) is 6.36. The van der Waals surface area contributed by atoms with Crippen LogP contribution in [0.3, 0.4) is 0 Å². The van der Waals surface area contributed by atoms with Gasteiger partial charge in [0.05, 0.1) is 0 Å². The second-order valence-corrected chi connectivity index (χ2v) is 7.83. The van der Waals surface area contributed by atoms with Gasteiger partial charge in [-0.2, -0.15) is 0 Å². The van der Waals surface area contributed by atoms with E-state index in [0.717, 1.165) is 44.1 Å². The minimum absolute atomic E-state index is 0.111. The fraction of sp³-hybridized carbons (Fsp3) is 0.458. The summed E-state index contributed by atoms with van der Waals surface area (Å²) in [5.74, 6) is 0.960. The second kappa shape index (κ2) is 10.7. The Bertz CT molecular complexity index is 706. The molecule has 150 valence electrons. The molecule has 0 bridgehead atoms. The lowest BCUT2D eigenvalue weighted by atomic mass is 9.99. The maximum absolute atomic E-state index is 12.0. The lowest BCUT2D eigenvalue weighted by Gasteiger charge is -2.32. The van der Waals surface area contributed by atoms with E-state index in [0.29, 0.717) is 13.0 Å². The Morgan fingerprint density at radius 2 is 1.71 bits per heavy atom. The number of nitrogens with zero attached hydrogens (tertiary/aromatic N) is 1. The molecule has 1 aliphatic heterocycles. The number of carbonyl (C=O) groups excluding carboxylic acids is 1. The van der Waals surface area contributed by atoms with Crippen molar-refractivity contribution >= 4 is 17.3 Å². The van der Waals surface area contributed by atoms with Gasteiger partial charge in [-0.05, 0) is 61.4 Å². The van der Waals surface area contributed by atoms with E-state index >= 15 is 0 Å². The Hall–Kier alpha value is -2.49. The van der Waals surface area contributed by atoms with Crippen LogP contribution >= 0.6 is 0 Å². The minimum Gasteiger partial charge on any atom is -0.385 e. The molecule has 0 radical (unpaired) electrons. The first-order valence-corrected chi connectivity index (χ1v) is 10.6. The number of benzene rings is 2. The average molecular weight is 380 g/mol. The molecule has 1 heterocycles. The fourth-order valence-corrected chi connectivity index (χ4v) is 3.63. The number of anilines is 2. The Balaban J connectivity index is 1.29. The molecule has 0 atom stereocenters. The molecule has 1 saturated heterocycles. The van der Waals surface area contributed by atoms with E-state index in [1.54, 1.807) is 0 Å². The van der Waals surface area contributed by atoms with Crippen molar-refractivity contribution in [2.75, 3.05) is 36.4 Å². The summed E-state index contributed by atoms with van der Waals surface area (Å²) in [4.78, 5) is 14.4. The standard InChI is InChI=1S/C24H33N3O/c1-20-14-18-27(19-15-20)23-11-9-22(10-12-23)25-17-13-24(28)26-16-5-8-21-6-3-2-4-7-21/h2-4,6-7,9-12,20,25H,5,8,13-19H2,1H3,(H,26,28). The average Bonchev–Trinajstić information content (AvgIpc) is 2.73. The normalized spacial score (nSPS) is 14.7. The largest absolute Gasteiger partial charge is 0.385 e. The second-order valence-electron chi connectivity index (χ2n) is 7.83. The van der Waals surface area contributed by atoms with E-state index in [1.807, 2.05) is 6.07 Å². The number of hydrogen-bond acceptors (Lipinski definition) is 3. The molecule has 0 aromatic heterocycles. The van der Waals surface area contributed by atoms with E-state index in [2.05, 4.69) is 71.0 Å². The first-order valence-electron chi connectivity index (χ1n) is 10.6. The Morgan fingerprint density at radius 1 is 1.00 bits per heavy atom. The number of aryl methyl sites for hydroxylation is 1. The molecule has 0 aliphatic carbocycles. The molecule has 0 saturated carbocycles. The summed E-state index contributed by atoms with van der Waals surface area (Å²) in [5.41, 5.74) is 3.69. The zero-order valence-corrected chi connectivity index (χ0v) is 17.0. The van der Waals surface area contributed by atoms with Gasteiger partial charge in [-0.15, -0.1) is 0 Å². The van der Waals surface area contributed by atoms with Gasteiger partial charge in [0.1, 0.15) is 0 Å². The smallest absolute Gasteiger partial charge is 0.221 e. The molecular formula is C24H33N3O. The Kier molecular flexibility index (Phi) is 7.77. The zero-order valence-electron chi connectivity index (χ0n) is 17.0. The molecule has 28 heavy (non-hydrogen) atoms. The van der Waals surface area contributed by atoms with Crippen LogP contribution in [0.25, 0.3) is 0 Å². The number of carbonyl (C=O) groups is 1. The number of rotatable bonds is 9. The van der Waals surface area contributed by atoms with Crippen molar-refractivity contribution in [2.24, 2.45) is 5.92 Å². The SMILES string of the molecule is CC1CCN(c2ccc(NCCC(=O)NCCCc3ccccc3)cc2)CC1. The summed E-state index contributed by atoms with van der Waals surface area (Å²) in [6.07, 6.45) is 5.03. The molecular weight excluding hydrogens is 346 g/mol. The third kappa shape index (κ3) is 6.59. The first-order chi connectivity index (χ1) is 13.7. The van der Waals surface area contributed by atoms with E-state index in [9.17, 15) is 4.79 Å². The molecule has 2 aromatic rings. The van der Waals surface area contributed by atoms with Gasteiger partial charge in [-0.1, -0.05) is 37.3 Å². The van der Waals surface area contributed by atoms with Crippen LogP contribution in [-0.4, -0.2) is 32.1 Å². The van der Waals surface area contributed by atoms with Crippen LogP contribution in [0.15, 0.2) is 54.6 Å². The predicted molar refractivity (Wildman–Crippen MR) is 118 cm³/mol. The van der Waals surface area contributed by atoms with Crippen molar-refractivity contribution in [1.29, 1.82) is 0 Å². The lowest BCUT2D eigenvalue weighted by Crippen LogP contribution is -2.32. The monoisotopic (exact) mass is 379 g/mol. The van der Waals surface area contributed by atoms with Crippen molar-refractivity contribution < 1.29 is 4.79 Å². The molecule has 0 unspecified atom stereocenters. The highest BCUT2D eigenvalue weighted by Gasteiger charge is 2.15. The van der Waals surface area contributed by atoms with Gasteiger partial charge in [0.15, 0.2) is 0 Å². The molecule has 0 spiro atoms. The summed E-state index contributed by atoms with van der Waals surface area (Å²) in [6, 6.07) is 19.0. The predicted octanol–water partition coefficient (Wildman–Crippen LogP) is 4.47. The zero-order chi connectivity index (χ0) is 19.6. The van der Waals surface area contributed by atoms with Crippen molar-refractivity contribution in [3.05, 3.63) is 60.2 Å². The van der Waals surface area contributed by atoms with Crippen LogP contribution in [-0.2, 0) is 11.2 Å². The number of piperidine rings is 1. The highest BCUT2D eigenvalue weighted by Crippen LogP contribution is 2.24. The summed E-state index contributed by atoms with van der Waals surface area (Å²) in [6.45, 7) is 6.03. The fourth-order valence-electron chi connectivity index (χ4n) is 3.63. The van der Waals surface area contributed by atoms with E-state index in [4.69, 9.17) is 0 Å². The summed E-state index contributed by atoms with van der Waals surface area (Å²) < 4.78 is 0. The Morgan fingerprint density at radius 3 is 2.43 bits per heavy atom. The van der Waals surface area contributed by atoms with Crippen molar-refractivity contribution in [3.63, 3.8) is 0 Å². The van der Waals surface area contributed by atoms with Crippen LogP contribution in [0.4, 0.5) is 11.4 Å². The Labute approximate surface area is 169 Å². The van der Waals surface area contributed by atoms with E-state index in [-0.39, 0.29) is 5.91 Å². The molecule has 4 nitrogen and oxygen atoms in total. The molecule has 2 aromatic carbocycles. The van der Waals surface area contributed by atoms with Crippen LogP contribution in [0.1, 0.15) is 38.2 Å².